The number of nitrogens with one attached hydrogen (secondary N) is 1. The van der Waals surface area contributed by atoms with Crippen LogP contribution in [-0.4, -0.2) is 15.3 Å². The molecule has 0 spiro atoms. The Balaban J connectivity index is 2.32. The van der Waals surface area contributed by atoms with E-state index in [0.717, 1.165) is 11.1 Å². The van der Waals surface area contributed by atoms with Gasteiger partial charge in [-0.25, -0.2) is 5.48 Å². The molecule has 1 heterocycles. The van der Waals surface area contributed by atoms with Gasteiger partial charge in [0, 0.05) is 19.0 Å². The molecule has 78 valence electrons. The van der Waals surface area contributed by atoms with Gasteiger partial charge in [-0.05, 0) is 11.6 Å². The van der Waals surface area contributed by atoms with Gasteiger partial charge < -0.3 is 9.73 Å². The van der Waals surface area contributed by atoms with E-state index in [9.17, 15) is 0 Å². The summed E-state index contributed by atoms with van der Waals surface area (Å²) in [7, 11) is 0. The standard InChI is InChI=1S/C10H11N3O2/c1-7-12-10(13-15-7)9-4-2-3-8(5-9)6-11-14/h2-5,11,14H,6H2,1H3. The highest BCUT2D eigenvalue weighted by Gasteiger charge is 2.05. The van der Waals surface area contributed by atoms with Gasteiger partial charge in [-0.2, -0.15) is 4.98 Å². The first-order valence-electron chi connectivity index (χ1n) is 4.56. The minimum absolute atomic E-state index is 0.394. The van der Waals surface area contributed by atoms with Crippen molar-refractivity contribution < 1.29 is 9.73 Å². The second kappa shape index (κ2) is 4.20. The van der Waals surface area contributed by atoms with E-state index < -0.39 is 0 Å². The van der Waals surface area contributed by atoms with Crippen LogP contribution in [0.25, 0.3) is 11.4 Å². The van der Waals surface area contributed by atoms with Crippen molar-refractivity contribution in [2.75, 3.05) is 0 Å². The Kier molecular flexibility index (Phi) is 2.75. The summed E-state index contributed by atoms with van der Waals surface area (Å²) in [4.78, 5) is 4.12. The molecule has 0 saturated heterocycles. The van der Waals surface area contributed by atoms with E-state index in [2.05, 4.69) is 15.6 Å². The minimum Gasteiger partial charge on any atom is -0.339 e. The van der Waals surface area contributed by atoms with E-state index in [-0.39, 0.29) is 0 Å². The van der Waals surface area contributed by atoms with Gasteiger partial charge in [0.05, 0.1) is 0 Å². The molecule has 0 unspecified atom stereocenters. The summed E-state index contributed by atoms with van der Waals surface area (Å²) in [5.41, 5.74) is 3.93. The number of hydrogen-bond donors (Lipinski definition) is 2. The maximum absolute atomic E-state index is 8.59. The lowest BCUT2D eigenvalue weighted by Gasteiger charge is -2.00. The molecule has 0 bridgehead atoms. The fraction of sp³-hybridized carbons (Fsp3) is 0.200. The molecule has 0 atom stereocenters. The van der Waals surface area contributed by atoms with Crippen LogP contribution in [0.5, 0.6) is 0 Å². The van der Waals surface area contributed by atoms with Gasteiger partial charge in [-0.3, -0.25) is 0 Å². The van der Waals surface area contributed by atoms with E-state index in [1.165, 1.54) is 0 Å². The van der Waals surface area contributed by atoms with E-state index in [1.54, 1.807) is 6.92 Å². The molecule has 0 aliphatic carbocycles. The van der Waals surface area contributed by atoms with E-state index in [1.807, 2.05) is 24.3 Å². The van der Waals surface area contributed by atoms with Crippen LogP contribution in [0.15, 0.2) is 28.8 Å². The summed E-state index contributed by atoms with van der Waals surface area (Å²) in [6.45, 7) is 2.14. The van der Waals surface area contributed by atoms with Crippen LogP contribution in [0.2, 0.25) is 0 Å². The van der Waals surface area contributed by atoms with Crippen LogP contribution in [0.3, 0.4) is 0 Å². The Bertz CT molecular complexity index is 453. The van der Waals surface area contributed by atoms with Crippen LogP contribution in [0.4, 0.5) is 0 Å². The molecule has 1 aromatic carbocycles. The van der Waals surface area contributed by atoms with Crippen molar-refractivity contribution >= 4 is 0 Å². The number of aromatic nitrogens is 2. The molecule has 15 heavy (non-hydrogen) atoms. The maximum atomic E-state index is 8.59. The number of rotatable bonds is 3. The molecule has 5 heteroatoms. The minimum atomic E-state index is 0.394. The summed E-state index contributed by atoms with van der Waals surface area (Å²) in [6.07, 6.45) is 0. The smallest absolute Gasteiger partial charge is 0.223 e. The largest absolute Gasteiger partial charge is 0.339 e. The first-order valence-corrected chi connectivity index (χ1v) is 4.56. The quantitative estimate of drug-likeness (QED) is 0.743. The molecule has 2 aromatic rings. The van der Waals surface area contributed by atoms with Gasteiger partial charge in [-0.1, -0.05) is 23.4 Å². The fourth-order valence-electron chi connectivity index (χ4n) is 1.33. The number of benzene rings is 1. The average molecular weight is 205 g/mol. The Morgan fingerprint density at radius 1 is 1.47 bits per heavy atom. The molecule has 2 rings (SSSR count). The first-order chi connectivity index (χ1) is 7.29. The molecule has 0 amide bonds. The average Bonchev–Trinajstić information content (AvgIpc) is 2.66. The maximum Gasteiger partial charge on any atom is 0.223 e. The van der Waals surface area contributed by atoms with Crippen molar-refractivity contribution in [1.82, 2.24) is 15.6 Å². The third-order valence-corrected chi connectivity index (χ3v) is 2.00. The number of hydroxylamine groups is 1. The van der Waals surface area contributed by atoms with Gasteiger partial charge in [0.25, 0.3) is 0 Å². The highest BCUT2D eigenvalue weighted by molar-refractivity contribution is 5.55. The Morgan fingerprint density at radius 3 is 3.00 bits per heavy atom. The van der Waals surface area contributed by atoms with Crippen molar-refractivity contribution in [2.24, 2.45) is 0 Å². The lowest BCUT2D eigenvalue weighted by Crippen LogP contribution is -2.05. The Labute approximate surface area is 86.7 Å². The molecule has 0 radical (unpaired) electrons. The zero-order valence-electron chi connectivity index (χ0n) is 8.27. The lowest BCUT2D eigenvalue weighted by atomic mass is 10.1. The van der Waals surface area contributed by atoms with E-state index >= 15 is 0 Å². The second-order valence-electron chi connectivity index (χ2n) is 3.17. The Morgan fingerprint density at radius 2 is 2.33 bits per heavy atom. The van der Waals surface area contributed by atoms with Gasteiger partial charge in [0.1, 0.15) is 0 Å². The van der Waals surface area contributed by atoms with Gasteiger partial charge in [0.2, 0.25) is 11.7 Å². The van der Waals surface area contributed by atoms with E-state index in [4.69, 9.17) is 9.73 Å². The second-order valence-corrected chi connectivity index (χ2v) is 3.17. The molecule has 0 fully saturated rings. The molecular formula is C10H11N3O2. The van der Waals surface area contributed by atoms with Gasteiger partial charge in [-0.15, -0.1) is 0 Å². The first kappa shape index (κ1) is 9.82. The molecule has 1 aromatic heterocycles. The van der Waals surface area contributed by atoms with Crippen molar-refractivity contribution in [3.8, 4) is 11.4 Å². The number of hydrogen-bond acceptors (Lipinski definition) is 5. The summed E-state index contributed by atoms with van der Waals surface area (Å²) in [5.74, 6) is 1.10. The summed E-state index contributed by atoms with van der Waals surface area (Å²) in [6, 6.07) is 7.58. The lowest BCUT2D eigenvalue weighted by molar-refractivity contribution is 0.161. The van der Waals surface area contributed by atoms with Crippen LogP contribution in [0, 0.1) is 6.92 Å². The fourth-order valence-corrected chi connectivity index (χ4v) is 1.33. The molecule has 0 aliphatic heterocycles. The normalized spacial score (nSPS) is 10.5. The monoisotopic (exact) mass is 205 g/mol. The number of aryl methyl sites for hydroxylation is 1. The van der Waals surface area contributed by atoms with Gasteiger partial charge in [0.15, 0.2) is 0 Å². The SMILES string of the molecule is Cc1nc(-c2cccc(CNO)c2)no1. The van der Waals surface area contributed by atoms with Crippen LogP contribution in [-0.2, 0) is 6.54 Å². The highest BCUT2D eigenvalue weighted by Crippen LogP contribution is 2.16. The van der Waals surface area contributed by atoms with E-state index in [0.29, 0.717) is 18.3 Å². The van der Waals surface area contributed by atoms with Crippen molar-refractivity contribution in [2.45, 2.75) is 13.5 Å². The van der Waals surface area contributed by atoms with Crippen molar-refractivity contribution in [1.29, 1.82) is 0 Å². The van der Waals surface area contributed by atoms with Crippen molar-refractivity contribution in [3.05, 3.63) is 35.7 Å². The van der Waals surface area contributed by atoms with Crippen molar-refractivity contribution in [3.63, 3.8) is 0 Å². The molecule has 0 saturated carbocycles. The summed E-state index contributed by atoms with van der Waals surface area (Å²) in [5, 5.41) is 12.4. The Hall–Kier alpha value is -1.72. The zero-order valence-corrected chi connectivity index (χ0v) is 8.27. The molecule has 2 N–H and O–H groups in total. The third kappa shape index (κ3) is 2.20. The van der Waals surface area contributed by atoms with Crippen LogP contribution < -0.4 is 5.48 Å². The third-order valence-electron chi connectivity index (χ3n) is 2.00. The zero-order chi connectivity index (χ0) is 10.7. The summed E-state index contributed by atoms with van der Waals surface area (Å²) < 4.78 is 4.89. The van der Waals surface area contributed by atoms with Gasteiger partial charge >= 0.3 is 0 Å². The predicted octanol–water partition coefficient (Wildman–Crippen LogP) is 1.52. The topological polar surface area (TPSA) is 71.2 Å². The number of nitrogens with zero attached hydrogens (tertiary/aromatic N) is 2. The predicted molar refractivity (Wildman–Crippen MR) is 53.1 cm³/mol. The molecule has 0 aliphatic rings. The summed E-state index contributed by atoms with van der Waals surface area (Å²) >= 11 is 0. The molecule has 5 nitrogen and oxygen atoms in total. The highest BCUT2D eigenvalue weighted by atomic mass is 16.5. The van der Waals surface area contributed by atoms with Crippen LogP contribution >= 0.6 is 0 Å². The van der Waals surface area contributed by atoms with Crippen LogP contribution in [0.1, 0.15) is 11.5 Å². The molecular weight excluding hydrogens is 194 g/mol.